The molecule has 1 aromatic carbocycles. The number of aryl methyl sites for hydroxylation is 1. The van der Waals surface area contributed by atoms with Gasteiger partial charge >= 0.3 is 0 Å². The van der Waals surface area contributed by atoms with Gasteiger partial charge in [0.1, 0.15) is 10.7 Å². The zero-order valence-electron chi connectivity index (χ0n) is 17.3. The highest BCUT2D eigenvalue weighted by Gasteiger charge is 2.29. The Hall–Kier alpha value is -1.90. The van der Waals surface area contributed by atoms with Gasteiger partial charge in [0.2, 0.25) is 5.95 Å². The molecular formula is C21H28ClN5O2S. The number of aliphatic hydroxyl groups excluding tert-OH is 1. The summed E-state index contributed by atoms with van der Waals surface area (Å²) in [5.41, 5.74) is 2.02. The van der Waals surface area contributed by atoms with Gasteiger partial charge in [0.05, 0.1) is 29.1 Å². The van der Waals surface area contributed by atoms with E-state index in [0.29, 0.717) is 28.8 Å². The topological polar surface area (TPSA) is 81.6 Å². The van der Waals surface area contributed by atoms with Crippen LogP contribution in [-0.4, -0.2) is 63.9 Å². The maximum Gasteiger partial charge on any atom is 0.227 e. The third-order valence-corrected chi connectivity index (χ3v) is 7.46. The number of fused-ring (bicyclic) bond motifs is 1. The number of hydrogen-bond donors (Lipinski definition) is 2. The van der Waals surface area contributed by atoms with Crippen LogP contribution in [0.1, 0.15) is 19.5 Å². The van der Waals surface area contributed by atoms with Gasteiger partial charge in [-0.15, -0.1) is 0 Å². The maximum atomic E-state index is 12.5. The molecule has 9 heteroatoms. The summed E-state index contributed by atoms with van der Waals surface area (Å²) in [5, 5.41) is 13.8. The van der Waals surface area contributed by atoms with E-state index < -0.39 is 10.8 Å². The van der Waals surface area contributed by atoms with Gasteiger partial charge in [0.15, 0.2) is 0 Å². The molecule has 0 amide bonds. The number of hydrogen-bond acceptors (Lipinski definition) is 7. The van der Waals surface area contributed by atoms with E-state index in [4.69, 9.17) is 21.6 Å². The Morgan fingerprint density at radius 3 is 2.43 bits per heavy atom. The molecule has 1 saturated heterocycles. The number of piperazine rings is 1. The van der Waals surface area contributed by atoms with Crippen LogP contribution in [-0.2, 0) is 17.2 Å². The molecule has 30 heavy (non-hydrogen) atoms. The van der Waals surface area contributed by atoms with Gasteiger partial charge in [-0.2, -0.15) is 4.98 Å². The number of halogens is 1. The first-order valence-electron chi connectivity index (χ1n) is 10.4. The molecule has 2 aromatic rings. The average Bonchev–Trinajstić information content (AvgIpc) is 3.13. The predicted octanol–water partition coefficient (Wildman–Crippen LogP) is 2.55. The second kappa shape index (κ2) is 9.08. The van der Waals surface area contributed by atoms with Gasteiger partial charge < -0.3 is 20.2 Å². The molecule has 1 fully saturated rings. The normalized spacial score (nSPS) is 19.8. The zero-order chi connectivity index (χ0) is 21.3. The molecule has 2 aliphatic rings. The lowest BCUT2D eigenvalue weighted by molar-refractivity contribution is 0.249. The fourth-order valence-electron chi connectivity index (χ4n) is 3.84. The van der Waals surface area contributed by atoms with Crippen molar-refractivity contribution in [2.24, 2.45) is 5.92 Å². The van der Waals surface area contributed by atoms with Crippen LogP contribution in [0.5, 0.6) is 0 Å². The third-order valence-electron chi connectivity index (χ3n) is 5.75. The molecule has 1 aromatic heterocycles. The van der Waals surface area contributed by atoms with Gasteiger partial charge in [-0.05, 0) is 30.2 Å². The molecule has 1 unspecified atom stereocenters. The van der Waals surface area contributed by atoms with Crippen molar-refractivity contribution in [3.05, 3.63) is 35.0 Å². The van der Waals surface area contributed by atoms with Crippen molar-refractivity contribution in [1.29, 1.82) is 0 Å². The predicted molar refractivity (Wildman–Crippen MR) is 122 cm³/mol. The largest absolute Gasteiger partial charge is 0.394 e. The summed E-state index contributed by atoms with van der Waals surface area (Å²) in [4.78, 5) is 14.7. The first-order chi connectivity index (χ1) is 14.5. The average molecular weight is 450 g/mol. The van der Waals surface area contributed by atoms with Crippen molar-refractivity contribution in [2.45, 2.75) is 31.2 Å². The molecule has 0 radical (unpaired) electrons. The summed E-state index contributed by atoms with van der Waals surface area (Å²) in [6.07, 6.45) is 0.697. The number of benzene rings is 1. The lowest BCUT2D eigenvalue weighted by Gasteiger charge is -2.36. The lowest BCUT2D eigenvalue weighted by Crippen LogP contribution is -2.47. The Labute approximate surface area is 184 Å². The monoisotopic (exact) mass is 449 g/mol. The smallest absolute Gasteiger partial charge is 0.227 e. The van der Waals surface area contributed by atoms with Gasteiger partial charge in [-0.1, -0.05) is 25.4 Å². The first-order valence-corrected chi connectivity index (χ1v) is 12.1. The SMILES string of the molecule is CC(C)C(CO)Nc1nc(N2CCN(c3ccc(Cl)cc3)CC2)nc2c1[S@](=O)CC2. The molecule has 0 saturated carbocycles. The molecule has 0 aliphatic carbocycles. The Bertz CT molecular complexity index is 916. The van der Waals surface area contributed by atoms with E-state index in [2.05, 4.69) is 15.1 Å². The Morgan fingerprint density at radius 2 is 1.80 bits per heavy atom. The quantitative estimate of drug-likeness (QED) is 0.701. The molecule has 162 valence electrons. The van der Waals surface area contributed by atoms with Crippen molar-refractivity contribution < 1.29 is 9.32 Å². The van der Waals surface area contributed by atoms with Crippen LogP contribution in [0, 0.1) is 5.92 Å². The fourth-order valence-corrected chi connectivity index (χ4v) is 5.28. The van der Waals surface area contributed by atoms with E-state index in [1.54, 1.807) is 0 Å². The number of anilines is 3. The van der Waals surface area contributed by atoms with Crippen molar-refractivity contribution in [3.63, 3.8) is 0 Å². The number of nitrogens with one attached hydrogen (secondary N) is 1. The molecule has 0 spiro atoms. The number of nitrogens with zero attached hydrogens (tertiary/aromatic N) is 4. The van der Waals surface area contributed by atoms with E-state index in [-0.39, 0.29) is 18.6 Å². The highest BCUT2D eigenvalue weighted by atomic mass is 35.5. The highest BCUT2D eigenvalue weighted by molar-refractivity contribution is 7.85. The minimum Gasteiger partial charge on any atom is -0.394 e. The number of rotatable bonds is 6. The van der Waals surface area contributed by atoms with Crippen LogP contribution in [0.25, 0.3) is 0 Å². The fraction of sp³-hybridized carbons (Fsp3) is 0.524. The van der Waals surface area contributed by atoms with Crippen LogP contribution in [0.15, 0.2) is 29.2 Å². The van der Waals surface area contributed by atoms with Crippen LogP contribution in [0.4, 0.5) is 17.5 Å². The summed E-state index contributed by atoms with van der Waals surface area (Å²) in [6.45, 7) is 7.42. The molecule has 2 atom stereocenters. The van der Waals surface area contributed by atoms with Crippen molar-refractivity contribution in [3.8, 4) is 0 Å². The van der Waals surface area contributed by atoms with Crippen molar-refractivity contribution in [1.82, 2.24) is 9.97 Å². The van der Waals surface area contributed by atoms with Crippen LogP contribution in [0.3, 0.4) is 0 Å². The van der Waals surface area contributed by atoms with E-state index in [0.717, 1.165) is 42.6 Å². The molecule has 3 heterocycles. The van der Waals surface area contributed by atoms with E-state index in [9.17, 15) is 9.32 Å². The molecule has 2 N–H and O–H groups in total. The molecule has 0 bridgehead atoms. The molecule has 7 nitrogen and oxygen atoms in total. The summed E-state index contributed by atoms with van der Waals surface area (Å²) in [6, 6.07) is 7.77. The Balaban J connectivity index is 1.54. The molecule has 4 rings (SSSR count). The molecular weight excluding hydrogens is 422 g/mol. The van der Waals surface area contributed by atoms with E-state index in [1.165, 1.54) is 0 Å². The second-order valence-corrected chi connectivity index (χ2v) is 10.0. The third kappa shape index (κ3) is 4.40. The van der Waals surface area contributed by atoms with Crippen molar-refractivity contribution >= 4 is 39.9 Å². The van der Waals surface area contributed by atoms with E-state index >= 15 is 0 Å². The second-order valence-electron chi connectivity index (χ2n) is 8.08. The maximum absolute atomic E-state index is 12.5. The summed E-state index contributed by atoms with van der Waals surface area (Å²) in [7, 11) is -1.09. The van der Waals surface area contributed by atoms with Crippen LogP contribution in [0.2, 0.25) is 5.02 Å². The molecule has 2 aliphatic heterocycles. The van der Waals surface area contributed by atoms with E-state index in [1.807, 2.05) is 38.1 Å². The van der Waals surface area contributed by atoms with Gasteiger partial charge in [-0.25, -0.2) is 4.98 Å². The Morgan fingerprint density at radius 1 is 1.13 bits per heavy atom. The number of aliphatic hydroxyl groups is 1. The Kier molecular flexibility index (Phi) is 6.46. The summed E-state index contributed by atoms with van der Waals surface area (Å²) in [5.74, 6) is 2.09. The minimum atomic E-state index is -1.09. The van der Waals surface area contributed by atoms with Crippen LogP contribution < -0.4 is 15.1 Å². The van der Waals surface area contributed by atoms with Gasteiger partial charge in [0, 0.05) is 49.1 Å². The summed E-state index contributed by atoms with van der Waals surface area (Å²) < 4.78 is 12.5. The number of aromatic nitrogens is 2. The minimum absolute atomic E-state index is 0.00181. The standard InChI is InChI=1S/C21H28ClN5O2S/c1-14(2)18(13-28)23-20-19-17(7-12-30(19)29)24-21(25-20)27-10-8-26(9-11-27)16-5-3-15(22)4-6-16/h3-6,14,18,28H,7-13H2,1-2H3,(H,23,24,25)/t18?,30-/m1/s1. The lowest BCUT2D eigenvalue weighted by atomic mass is 10.1. The summed E-state index contributed by atoms with van der Waals surface area (Å²) >= 11 is 6.00. The zero-order valence-corrected chi connectivity index (χ0v) is 18.9. The van der Waals surface area contributed by atoms with Crippen LogP contribution >= 0.6 is 11.6 Å². The van der Waals surface area contributed by atoms with Gasteiger partial charge in [-0.3, -0.25) is 4.21 Å². The first kappa shape index (κ1) is 21.3. The van der Waals surface area contributed by atoms with Gasteiger partial charge in [0.25, 0.3) is 0 Å². The highest BCUT2D eigenvalue weighted by Crippen LogP contribution is 2.31. The van der Waals surface area contributed by atoms with Crippen molar-refractivity contribution in [2.75, 3.05) is 53.7 Å².